The highest BCUT2D eigenvalue weighted by Gasteiger charge is 2.20. The van der Waals surface area contributed by atoms with Crippen molar-refractivity contribution in [1.82, 2.24) is 0 Å². The lowest BCUT2D eigenvalue weighted by atomic mass is 9.93. The highest BCUT2D eigenvalue weighted by Crippen LogP contribution is 2.24. The molecule has 2 nitrogen and oxygen atoms in total. The van der Waals surface area contributed by atoms with Crippen molar-refractivity contribution in [3.63, 3.8) is 0 Å². The van der Waals surface area contributed by atoms with Crippen LogP contribution in [-0.2, 0) is 0 Å². The molecular formula is C13H20BrNOS. The third-order valence-electron chi connectivity index (χ3n) is 2.90. The maximum Gasteiger partial charge on any atom is 0.0611 e. The van der Waals surface area contributed by atoms with Crippen LogP contribution in [0.3, 0.4) is 0 Å². The Bertz CT molecular complexity index is 342. The molecule has 0 aromatic heterocycles. The van der Waals surface area contributed by atoms with Gasteiger partial charge in [-0.3, -0.25) is 0 Å². The number of thioether (sulfide) groups is 1. The number of nitrogens with two attached hydrogens (primary N) is 1. The monoisotopic (exact) mass is 317 g/mol. The summed E-state index contributed by atoms with van der Waals surface area (Å²) in [4.78, 5) is 1.27. The van der Waals surface area contributed by atoms with Gasteiger partial charge in [-0.2, -0.15) is 0 Å². The van der Waals surface area contributed by atoms with Crippen molar-refractivity contribution in [2.24, 2.45) is 5.73 Å². The molecular weight excluding hydrogens is 298 g/mol. The predicted molar refractivity (Wildman–Crippen MR) is 78.4 cm³/mol. The highest BCUT2D eigenvalue weighted by atomic mass is 79.9. The molecule has 3 N–H and O–H groups in total. The van der Waals surface area contributed by atoms with Crippen LogP contribution in [0.1, 0.15) is 26.2 Å². The number of hydrogen-bond acceptors (Lipinski definition) is 3. The Kier molecular flexibility index (Phi) is 6.55. The molecule has 96 valence electrons. The quantitative estimate of drug-likeness (QED) is 0.598. The van der Waals surface area contributed by atoms with Crippen LogP contribution in [0, 0.1) is 0 Å². The van der Waals surface area contributed by atoms with Gasteiger partial charge < -0.3 is 10.8 Å². The summed E-state index contributed by atoms with van der Waals surface area (Å²) in [5.74, 6) is 1.04. The molecule has 0 aliphatic heterocycles. The Morgan fingerprint density at radius 1 is 1.47 bits per heavy atom. The summed E-state index contributed by atoms with van der Waals surface area (Å²) in [7, 11) is 0. The number of hydrogen-bond donors (Lipinski definition) is 2. The van der Waals surface area contributed by atoms with Crippen molar-refractivity contribution in [2.45, 2.75) is 36.6 Å². The first-order chi connectivity index (χ1) is 8.09. The molecule has 0 bridgehead atoms. The Hall–Kier alpha value is -0.0300. The van der Waals surface area contributed by atoms with Gasteiger partial charge in [0.25, 0.3) is 0 Å². The fourth-order valence-electron chi connectivity index (χ4n) is 1.54. The minimum atomic E-state index is -0.391. The molecule has 0 radical (unpaired) electrons. The summed E-state index contributed by atoms with van der Waals surface area (Å²) in [5, 5.41) is 9.20. The molecule has 0 saturated heterocycles. The number of aliphatic hydroxyl groups excluding tert-OH is 1. The van der Waals surface area contributed by atoms with E-state index in [9.17, 15) is 5.11 Å². The van der Waals surface area contributed by atoms with Crippen molar-refractivity contribution in [3.05, 3.63) is 28.7 Å². The fraction of sp³-hybridized carbons (Fsp3) is 0.538. The molecule has 0 spiro atoms. The molecule has 1 aromatic rings. The first-order valence-electron chi connectivity index (χ1n) is 5.88. The van der Waals surface area contributed by atoms with E-state index in [-0.39, 0.29) is 6.61 Å². The van der Waals surface area contributed by atoms with Crippen LogP contribution in [-0.4, -0.2) is 23.0 Å². The van der Waals surface area contributed by atoms with Gasteiger partial charge >= 0.3 is 0 Å². The SMILES string of the molecule is CCC(N)(CO)CCCSc1cccc(Br)c1. The summed E-state index contributed by atoms with van der Waals surface area (Å²) >= 11 is 5.29. The molecule has 0 fully saturated rings. The number of benzene rings is 1. The van der Waals surface area contributed by atoms with Gasteiger partial charge in [-0.15, -0.1) is 11.8 Å². The molecule has 1 atom stereocenters. The van der Waals surface area contributed by atoms with Gasteiger partial charge in [-0.25, -0.2) is 0 Å². The lowest BCUT2D eigenvalue weighted by molar-refractivity contribution is 0.182. The second-order valence-electron chi connectivity index (χ2n) is 4.28. The standard InChI is InChI=1S/C13H20BrNOS/c1-2-13(15,10-16)7-4-8-17-12-6-3-5-11(14)9-12/h3,5-6,9,16H,2,4,7-8,10,15H2,1H3. The summed E-state index contributed by atoms with van der Waals surface area (Å²) in [5.41, 5.74) is 5.64. The van der Waals surface area contributed by atoms with E-state index in [0.29, 0.717) is 0 Å². The van der Waals surface area contributed by atoms with Gasteiger partial charge in [0.15, 0.2) is 0 Å². The average Bonchev–Trinajstić information content (AvgIpc) is 2.34. The Morgan fingerprint density at radius 3 is 2.82 bits per heavy atom. The molecule has 17 heavy (non-hydrogen) atoms. The zero-order chi connectivity index (χ0) is 12.7. The summed E-state index contributed by atoms with van der Waals surface area (Å²) < 4.78 is 1.11. The van der Waals surface area contributed by atoms with Gasteiger partial charge in [0.1, 0.15) is 0 Å². The van der Waals surface area contributed by atoms with E-state index in [1.165, 1.54) is 4.90 Å². The predicted octanol–water partition coefficient (Wildman–Crippen LogP) is 3.42. The van der Waals surface area contributed by atoms with Crippen LogP contribution in [0.4, 0.5) is 0 Å². The normalized spacial score (nSPS) is 14.6. The smallest absolute Gasteiger partial charge is 0.0611 e. The molecule has 0 heterocycles. The van der Waals surface area contributed by atoms with Gasteiger partial charge in [0.2, 0.25) is 0 Å². The summed E-state index contributed by atoms with van der Waals surface area (Å²) in [6.07, 6.45) is 2.73. The Morgan fingerprint density at radius 2 is 2.24 bits per heavy atom. The third kappa shape index (κ3) is 5.42. The fourth-order valence-corrected chi connectivity index (χ4v) is 3.00. The van der Waals surface area contributed by atoms with Crippen molar-refractivity contribution in [1.29, 1.82) is 0 Å². The first kappa shape index (κ1) is 15.0. The van der Waals surface area contributed by atoms with E-state index >= 15 is 0 Å². The third-order valence-corrected chi connectivity index (χ3v) is 4.48. The lowest BCUT2D eigenvalue weighted by Crippen LogP contribution is -2.42. The topological polar surface area (TPSA) is 46.2 Å². The largest absolute Gasteiger partial charge is 0.394 e. The molecule has 1 unspecified atom stereocenters. The van der Waals surface area contributed by atoms with Crippen LogP contribution in [0.5, 0.6) is 0 Å². The zero-order valence-electron chi connectivity index (χ0n) is 10.2. The van der Waals surface area contributed by atoms with Gasteiger partial charge in [-0.05, 0) is 43.2 Å². The van der Waals surface area contributed by atoms with Crippen LogP contribution < -0.4 is 5.73 Å². The Balaban J connectivity index is 2.29. The molecule has 0 aliphatic carbocycles. The highest BCUT2D eigenvalue weighted by molar-refractivity contribution is 9.10. The van der Waals surface area contributed by atoms with E-state index in [1.54, 1.807) is 0 Å². The lowest BCUT2D eigenvalue weighted by Gasteiger charge is -2.25. The molecule has 1 rings (SSSR count). The average molecular weight is 318 g/mol. The first-order valence-corrected chi connectivity index (χ1v) is 7.65. The van der Waals surface area contributed by atoms with E-state index in [2.05, 4.69) is 28.1 Å². The summed E-state index contributed by atoms with van der Waals surface area (Å²) in [6, 6.07) is 8.29. The van der Waals surface area contributed by atoms with Crippen LogP contribution in [0.25, 0.3) is 0 Å². The second-order valence-corrected chi connectivity index (χ2v) is 6.37. The van der Waals surface area contributed by atoms with E-state index in [4.69, 9.17) is 5.73 Å². The minimum absolute atomic E-state index is 0.0745. The minimum Gasteiger partial charge on any atom is -0.394 e. The van der Waals surface area contributed by atoms with E-state index < -0.39 is 5.54 Å². The van der Waals surface area contributed by atoms with Crippen molar-refractivity contribution in [3.8, 4) is 0 Å². The zero-order valence-corrected chi connectivity index (χ0v) is 12.6. The van der Waals surface area contributed by atoms with Gasteiger partial charge in [0.05, 0.1) is 6.61 Å². The van der Waals surface area contributed by atoms with Gasteiger partial charge in [0, 0.05) is 14.9 Å². The van der Waals surface area contributed by atoms with Crippen molar-refractivity contribution >= 4 is 27.7 Å². The van der Waals surface area contributed by atoms with Crippen LogP contribution >= 0.6 is 27.7 Å². The molecule has 1 aromatic carbocycles. The molecule has 0 amide bonds. The number of aliphatic hydroxyl groups is 1. The van der Waals surface area contributed by atoms with Crippen molar-refractivity contribution < 1.29 is 5.11 Å². The van der Waals surface area contributed by atoms with Crippen molar-refractivity contribution in [2.75, 3.05) is 12.4 Å². The van der Waals surface area contributed by atoms with Crippen LogP contribution in [0.2, 0.25) is 0 Å². The number of halogens is 1. The molecule has 4 heteroatoms. The summed E-state index contributed by atoms with van der Waals surface area (Å²) in [6.45, 7) is 2.10. The van der Waals surface area contributed by atoms with E-state index in [0.717, 1.165) is 29.5 Å². The molecule has 0 aliphatic rings. The molecule has 0 saturated carbocycles. The van der Waals surface area contributed by atoms with E-state index in [1.807, 2.05) is 30.8 Å². The second kappa shape index (κ2) is 7.41. The maximum atomic E-state index is 9.20. The Labute approximate surface area is 116 Å². The van der Waals surface area contributed by atoms with Gasteiger partial charge in [-0.1, -0.05) is 28.9 Å². The van der Waals surface area contributed by atoms with Crippen LogP contribution in [0.15, 0.2) is 33.6 Å². The maximum absolute atomic E-state index is 9.20. The number of rotatable bonds is 7.